The summed E-state index contributed by atoms with van der Waals surface area (Å²) in [5.74, 6) is 0.00759. The molecule has 3 rings (SSSR count). The number of thioether (sulfide) groups is 1. The van der Waals surface area contributed by atoms with Gasteiger partial charge in [-0.1, -0.05) is 53.2 Å². The number of hydrogen-bond donors (Lipinski definition) is 1. The van der Waals surface area contributed by atoms with E-state index in [1.807, 2.05) is 24.3 Å². The Labute approximate surface area is 171 Å². The number of halogens is 2. The Bertz CT molecular complexity index is 1020. The standard InChI is InChI=1S/C19H18Cl2N4OS/c1-3-25-17-7-5-4-6-16(17)22-19(25)27-11-18(26)24-23-12(2)14-9-8-13(20)10-15(14)21/h4-10H,3,11H2,1-2H3,(H,24,26). The van der Waals surface area contributed by atoms with Crippen LogP contribution in [0.3, 0.4) is 0 Å². The van der Waals surface area contributed by atoms with Gasteiger partial charge >= 0.3 is 0 Å². The Morgan fingerprint density at radius 3 is 2.78 bits per heavy atom. The lowest BCUT2D eigenvalue weighted by Crippen LogP contribution is -2.21. The van der Waals surface area contributed by atoms with Gasteiger partial charge in [0.25, 0.3) is 5.91 Å². The molecule has 2 aromatic carbocycles. The molecule has 0 unspecified atom stereocenters. The molecule has 27 heavy (non-hydrogen) atoms. The zero-order valence-electron chi connectivity index (χ0n) is 14.9. The van der Waals surface area contributed by atoms with Crippen molar-refractivity contribution in [2.24, 2.45) is 5.10 Å². The molecule has 0 bridgehead atoms. The molecule has 0 spiro atoms. The average molecular weight is 421 g/mol. The van der Waals surface area contributed by atoms with Gasteiger partial charge < -0.3 is 4.57 Å². The van der Waals surface area contributed by atoms with E-state index in [0.717, 1.165) is 28.3 Å². The highest BCUT2D eigenvalue weighted by atomic mass is 35.5. The predicted molar refractivity (Wildman–Crippen MR) is 113 cm³/mol. The normalized spacial score (nSPS) is 11.8. The first-order valence-electron chi connectivity index (χ1n) is 8.36. The minimum atomic E-state index is -0.209. The fourth-order valence-corrected chi connectivity index (χ4v) is 4.04. The Morgan fingerprint density at radius 2 is 2.04 bits per heavy atom. The highest BCUT2D eigenvalue weighted by molar-refractivity contribution is 7.99. The summed E-state index contributed by atoms with van der Waals surface area (Å²) in [6.45, 7) is 4.62. The molecule has 0 aliphatic rings. The van der Waals surface area contributed by atoms with Gasteiger partial charge in [0.2, 0.25) is 0 Å². The number of imidazole rings is 1. The monoisotopic (exact) mass is 420 g/mol. The first-order chi connectivity index (χ1) is 13.0. The number of benzene rings is 2. The van der Waals surface area contributed by atoms with Crippen LogP contribution in [-0.4, -0.2) is 26.9 Å². The van der Waals surface area contributed by atoms with Gasteiger partial charge in [-0.25, -0.2) is 10.4 Å². The molecule has 0 saturated heterocycles. The number of hydrogen-bond acceptors (Lipinski definition) is 4. The number of carbonyl (C=O) groups excluding carboxylic acids is 1. The van der Waals surface area contributed by atoms with Gasteiger partial charge in [0, 0.05) is 17.1 Å². The number of fused-ring (bicyclic) bond motifs is 1. The molecule has 3 aromatic rings. The first kappa shape index (κ1) is 19.7. The Morgan fingerprint density at radius 1 is 1.26 bits per heavy atom. The van der Waals surface area contributed by atoms with Crippen molar-refractivity contribution in [3.63, 3.8) is 0 Å². The van der Waals surface area contributed by atoms with Crippen LogP contribution in [0.25, 0.3) is 11.0 Å². The van der Waals surface area contributed by atoms with Crippen LogP contribution in [0.2, 0.25) is 10.0 Å². The molecule has 0 atom stereocenters. The van der Waals surface area contributed by atoms with Gasteiger partial charge in [-0.15, -0.1) is 0 Å². The van der Waals surface area contributed by atoms with Crippen LogP contribution >= 0.6 is 35.0 Å². The number of para-hydroxylation sites is 2. The van der Waals surface area contributed by atoms with Crippen molar-refractivity contribution in [3.05, 3.63) is 58.1 Å². The van der Waals surface area contributed by atoms with Crippen molar-refractivity contribution < 1.29 is 4.79 Å². The molecular formula is C19H18Cl2N4OS. The van der Waals surface area contributed by atoms with Crippen molar-refractivity contribution in [3.8, 4) is 0 Å². The van der Waals surface area contributed by atoms with Gasteiger partial charge in [0.1, 0.15) is 0 Å². The lowest BCUT2D eigenvalue weighted by atomic mass is 10.1. The molecule has 140 valence electrons. The smallest absolute Gasteiger partial charge is 0.250 e. The van der Waals surface area contributed by atoms with E-state index in [-0.39, 0.29) is 11.7 Å². The highest BCUT2D eigenvalue weighted by Gasteiger charge is 2.12. The summed E-state index contributed by atoms with van der Waals surface area (Å²) in [6, 6.07) is 13.1. The van der Waals surface area contributed by atoms with Crippen LogP contribution in [0.15, 0.2) is 52.7 Å². The van der Waals surface area contributed by atoms with E-state index < -0.39 is 0 Å². The highest BCUT2D eigenvalue weighted by Crippen LogP contribution is 2.24. The molecule has 0 aliphatic heterocycles. The van der Waals surface area contributed by atoms with Gasteiger partial charge in [-0.3, -0.25) is 4.79 Å². The van der Waals surface area contributed by atoms with E-state index in [1.165, 1.54) is 11.8 Å². The van der Waals surface area contributed by atoms with E-state index in [4.69, 9.17) is 23.2 Å². The van der Waals surface area contributed by atoms with E-state index in [0.29, 0.717) is 15.8 Å². The fourth-order valence-electron chi connectivity index (χ4n) is 2.62. The maximum Gasteiger partial charge on any atom is 0.250 e. The Hall–Kier alpha value is -2.02. The Balaban J connectivity index is 1.65. The molecule has 8 heteroatoms. The molecule has 0 aliphatic carbocycles. The quantitative estimate of drug-likeness (QED) is 0.346. The third-order valence-corrected chi connectivity index (χ3v) is 5.46. The van der Waals surface area contributed by atoms with Gasteiger partial charge in [0.15, 0.2) is 5.16 Å². The SMILES string of the molecule is CCn1c(SCC(=O)NN=C(C)c2ccc(Cl)cc2Cl)nc2ccccc21. The maximum absolute atomic E-state index is 12.2. The minimum Gasteiger partial charge on any atom is -0.319 e. The molecule has 5 nitrogen and oxygen atoms in total. The molecular weight excluding hydrogens is 403 g/mol. The van der Waals surface area contributed by atoms with E-state index in [2.05, 4.69) is 27.0 Å². The van der Waals surface area contributed by atoms with Crippen molar-refractivity contribution in [1.82, 2.24) is 15.0 Å². The maximum atomic E-state index is 12.2. The number of aromatic nitrogens is 2. The molecule has 1 amide bonds. The van der Waals surface area contributed by atoms with Crippen LogP contribution in [-0.2, 0) is 11.3 Å². The van der Waals surface area contributed by atoms with Crippen LogP contribution < -0.4 is 5.43 Å². The third-order valence-electron chi connectivity index (χ3n) is 3.94. The number of amides is 1. The summed E-state index contributed by atoms with van der Waals surface area (Å²) >= 11 is 13.4. The zero-order chi connectivity index (χ0) is 19.4. The van der Waals surface area contributed by atoms with Gasteiger partial charge in [0.05, 0.1) is 27.5 Å². The number of nitrogens with zero attached hydrogens (tertiary/aromatic N) is 3. The molecule has 1 aromatic heterocycles. The van der Waals surface area contributed by atoms with Crippen molar-refractivity contribution in [2.45, 2.75) is 25.5 Å². The second-order valence-corrected chi connectivity index (χ2v) is 7.56. The number of rotatable bonds is 6. The second-order valence-electron chi connectivity index (χ2n) is 5.77. The summed E-state index contributed by atoms with van der Waals surface area (Å²) < 4.78 is 2.09. The summed E-state index contributed by atoms with van der Waals surface area (Å²) in [4.78, 5) is 16.8. The van der Waals surface area contributed by atoms with Gasteiger partial charge in [-0.05, 0) is 38.1 Å². The number of hydrazone groups is 1. The zero-order valence-corrected chi connectivity index (χ0v) is 17.2. The number of carbonyl (C=O) groups is 1. The first-order valence-corrected chi connectivity index (χ1v) is 10.1. The van der Waals surface area contributed by atoms with Gasteiger partial charge in [-0.2, -0.15) is 5.10 Å². The predicted octanol–water partition coefficient (Wildman–Crippen LogP) is 5.00. The van der Waals surface area contributed by atoms with E-state index in [1.54, 1.807) is 25.1 Å². The largest absolute Gasteiger partial charge is 0.319 e. The lowest BCUT2D eigenvalue weighted by Gasteiger charge is -2.06. The van der Waals surface area contributed by atoms with Crippen LogP contribution in [0.5, 0.6) is 0 Å². The summed E-state index contributed by atoms with van der Waals surface area (Å²) in [6.07, 6.45) is 0. The molecule has 1 heterocycles. The number of nitrogens with one attached hydrogen (secondary N) is 1. The molecule has 0 fully saturated rings. The van der Waals surface area contributed by atoms with Crippen LogP contribution in [0, 0.1) is 0 Å². The number of aryl methyl sites for hydroxylation is 1. The Kier molecular flexibility index (Phi) is 6.42. The van der Waals surface area contributed by atoms with Crippen LogP contribution in [0.4, 0.5) is 0 Å². The third kappa shape index (κ3) is 4.64. The lowest BCUT2D eigenvalue weighted by molar-refractivity contribution is -0.118. The summed E-state index contributed by atoms with van der Waals surface area (Å²) in [5.41, 5.74) is 5.88. The van der Waals surface area contributed by atoms with E-state index in [9.17, 15) is 4.79 Å². The van der Waals surface area contributed by atoms with Crippen molar-refractivity contribution in [2.75, 3.05) is 5.75 Å². The topological polar surface area (TPSA) is 59.3 Å². The molecule has 1 N–H and O–H groups in total. The van der Waals surface area contributed by atoms with Crippen molar-refractivity contribution in [1.29, 1.82) is 0 Å². The average Bonchev–Trinajstić information content (AvgIpc) is 3.02. The summed E-state index contributed by atoms with van der Waals surface area (Å²) in [5, 5.41) is 5.99. The second kappa shape index (κ2) is 8.78. The summed E-state index contributed by atoms with van der Waals surface area (Å²) in [7, 11) is 0. The van der Waals surface area contributed by atoms with Crippen molar-refractivity contribution >= 4 is 57.6 Å². The molecule has 0 radical (unpaired) electrons. The molecule has 0 saturated carbocycles. The van der Waals surface area contributed by atoms with E-state index >= 15 is 0 Å². The minimum absolute atomic E-state index is 0.209. The fraction of sp³-hybridized carbons (Fsp3) is 0.211. The van der Waals surface area contributed by atoms with Crippen LogP contribution in [0.1, 0.15) is 19.4 Å².